The van der Waals surface area contributed by atoms with Gasteiger partial charge in [0.2, 0.25) is 5.91 Å². The van der Waals surface area contributed by atoms with Gasteiger partial charge in [0.25, 0.3) is 0 Å². The molecule has 2 aromatic carbocycles. The van der Waals surface area contributed by atoms with E-state index in [1.807, 2.05) is 67.5 Å². The van der Waals surface area contributed by atoms with Crippen molar-refractivity contribution in [2.24, 2.45) is 0 Å². The first kappa shape index (κ1) is 23.0. The maximum atomic E-state index is 12.9. The maximum Gasteiger partial charge on any atom is 0.229 e. The molecule has 0 fully saturated rings. The maximum absolute atomic E-state index is 12.9. The third-order valence-electron chi connectivity index (χ3n) is 3.98. The Morgan fingerprint density at radius 1 is 1.11 bits per heavy atom. The van der Waals surface area contributed by atoms with Crippen molar-refractivity contribution in [2.75, 3.05) is 37.8 Å². The van der Waals surface area contributed by atoms with Gasteiger partial charge in [-0.3, -0.25) is 9.69 Å². The Kier molecular flexibility index (Phi) is 9.05. The third-order valence-corrected chi connectivity index (χ3v) is 6.31. The van der Waals surface area contributed by atoms with E-state index in [-0.39, 0.29) is 18.3 Å². The number of carbonyl (C=O) groups is 1. The van der Waals surface area contributed by atoms with Gasteiger partial charge in [-0.05, 0) is 50.5 Å². The molecule has 0 radical (unpaired) electrons. The molecule has 8 heteroatoms. The first-order valence-corrected chi connectivity index (χ1v) is 10.9. The zero-order valence-electron chi connectivity index (χ0n) is 15.8. The molecule has 1 aromatic heterocycles. The van der Waals surface area contributed by atoms with Crippen LogP contribution < -0.4 is 4.90 Å². The number of rotatable bonds is 8. The van der Waals surface area contributed by atoms with Gasteiger partial charge in [-0.15, -0.1) is 24.2 Å². The first-order chi connectivity index (χ1) is 13.0. The van der Waals surface area contributed by atoms with Gasteiger partial charge in [-0.1, -0.05) is 35.1 Å². The van der Waals surface area contributed by atoms with Crippen molar-refractivity contribution in [2.45, 2.75) is 11.3 Å². The minimum absolute atomic E-state index is 0. The summed E-state index contributed by atoms with van der Waals surface area (Å²) in [4.78, 5) is 22.6. The van der Waals surface area contributed by atoms with E-state index in [1.54, 1.807) is 23.1 Å². The van der Waals surface area contributed by atoms with E-state index >= 15 is 0 Å². The molecule has 0 spiro atoms. The van der Waals surface area contributed by atoms with Gasteiger partial charge in [0.05, 0.1) is 10.2 Å². The summed E-state index contributed by atoms with van der Waals surface area (Å²) in [6.45, 7) is 1.43. The van der Waals surface area contributed by atoms with Crippen molar-refractivity contribution >= 4 is 68.4 Å². The number of nitrogens with zero attached hydrogens (tertiary/aromatic N) is 3. The van der Waals surface area contributed by atoms with Gasteiger partial charge in [-0.25, -0.2) is 4.98 Å². The second-order valence-electron chi connectivity index (χ2n) is 6.37. The fourth-order valence-electron chi connectivity index (χ4n) is 2.52. The number of halogens is 2. The van der Waals surface area contributed by atoms with Crippen molar-refractivity contribution in [3.8, 4) is 0 Å². The van der Waals surface area contributed by atoms with Crippen LogP contribution >= 0.6 is 47.1 Å². The molecular formula is C20H23Cl2N3OS2. The summed E-state index contributed by atoms with van der Waals surface area (Å²) in [5, 5.41) is 1.50. The lowest BCUT2D eigenvalue weighted by Gasteiger charge is -2.22. The van der Waals surface area contributed by atoms with Crippen LogP contribution in [0.4, 0.5) is 5.13 Å². The van der Waals surface area contributed by atoms with E-state index in [1.165, 1.54) is 0 Å². The number of thioether (sulfide) groups is 1. The zero-order valence-corrected chi connectivity index (χ0v) is 19.0. The Labute approximate surface area is 185 Å². The normalized spacial score (nSPS) is 10.9. The number of hydrogen-bond donors (Lipinski definition) is 0. The van der Waals surface area contributed by atoms with Crippen LogP contribution in [0.2, 0.25) is 5.02 Å². The van der Waals surface area contributed by atoms with E-state index in [0.29, 0.717) is 13.0 Å². The van der Waals surface area contributed by atoms with Crippen molar-refractivity contribution in [3.63, 3.8) is 0 Å². The van der Waals surface area contributed by atoms with Crippen LogP contribution in [-0.4, -0.2) is 48.7 Å². The standard InChI is InChI=1S/C20H22ClN3OS2.ClH/c1-23(2)12-13-24(20-22-17-5-3-4-6-18(17)27-20)19(25)11-14-26-16-9-7-15(21)8-10-16;/h3-10H,11-14H2,1-2H3;1H. The predicted octanol–water partition coefficient (Wildman–Crippen LogP) is 5.45. The lowest BCUT2D eigenvalue weighted by Crippen LogP contribution is -2.36. The van der Waals surface area contributed by atoms with Crippen molar-refractivity contribution in [1.82, 2.24) is 9.88 Å². The molecule has 0 saturated carbocycles. The molecule has 150 valence electrons. The number of benzene rings is 2. The average molecular weight is 456 g/mol. The van der Waals surface area contributed by atoms with E-state index in [4.69, 9.17) is 11.6 Å². The molecule has 3 aromatic rings. The highest BCUT2D eigenvalue weighted by molar-refractivity contribution is 7.99. The number of anilines is 1. The molecule has 0 aliphatic carbocycles. The van der Waals surface area contributed by atoms with Gasteiger partial charge in [0.1, 0.15) is 0 Å². The summed E-state index contributed by atoms with van der Waals surface area (Å²) in [6, 6.07) is 15.7. The van der Waals surface area contributed by atoms with Crippen LogP contribution in [0.25, 0.3) is 10.2 Å². The highest BCUT2D eigenvalue weighted by Crippen LogP contribution is 2.29. The monoisotopic (exact) mass is 455 g/mol. The fraction of sp³-hybridized carbons (Fsp3) is 0.300. The molecular weight excluding hydrogens is 433 g/mol. The largest absolute Gasteiger partial charge is 0.308 e. The van der Waals surface area contributed by atoms with Crippen LogP contribution in [-0.2, 0) is 4.79 Å². The molecule has 0 unspecified atom stereocenters. The summed E-state index contributed by atoms with van der Waals surface area (Å²) in [6.07, 6.45) is 0.469. The highest BCUT2D eigenvalue weighted by atomic mass is 35.5. The Morgan fingerprint density at radius 3 is 2.50 bits per heavy atom. The highest BCUT2D eigenvalue weighted by Gasteiger charge is 2.19. The van der Waals surface area contributed by atoms with Gasteiger partial charge >= 0.3 is 0 Å². The van der Waals surface area contributed by atoms with Crippen LogP contribution in [0, 0.1) is 0 Å². The molecule has 0 saturated heterocycles. The minimum Gasteiger partial charge on any atom is -0.308 e. The number of amides is 1. The number of thiazole rings is 1. The molecule has 1 amide bonds. The number of hydrogen-bond acceptors (Lipinski definition) is 5. The van der Waals surface area contributed by atoms with Gasteiger partial charge in [0.15, 0.2) is 5.13 Å². The van der Waals surface area contributed by atoms with Crippen molar-refractivity contribution in [1.29, 1.82) is 0 Å². The number of carbonyl (C=O) groups excluding carboxylic acids is 1. The summed E-state index contributed by atoms with van der Waals surface area (Å²) >= 11 is 9.16. The van der Waals surface area contributed by atoms with Crippen molar-refractivity contribution < 1.29 is 4.79 Å². The van der Waals surface area contributed by atoms with Gasteiger partial charge in [-0.2, -0.15) is 0 Å². The molecule has 4 nitrogen and oxygen atoms in total. The fourth-order valence-corrected chi connectivity index (χ4v) is 4.50. The van der Waals surface area contributed by atoms with Crippen molar-refractivity contribution in [3.05, 3.63) is 53.6 Å². The molecule has 0 atom stereocenters. The smallest absolute Gasteiger partial charge is 0.229 e. The SMILES string of the molecule is CN(C)CCN(C(=O)CCSc1ccc(Cl)cc1)c1nc2ccccc2s1.Cl. The lowest BCUT2D eigenvalue weighted by molar-refractivity contribution is -0.118. The number of para-hydroxylation sites is 1. The Hall–Kier alpha value is -1.31. The lowest BCUT2D eigenvalue weighted by atomic mass is 10.3. The summed E-state index contributed by atoms with van der Waals surface area (Å²) in [5.41, 5.74) is 0.940. The van der Waals surface area contributed by atoms with Crippen LogP contribution in [0.5, 0.6) is 0 Å². The topological polar surface area (TPSA) is 36.4 Å². The Bertz CT molecular complexity index is 867. The quantitative estimate of drug-likeness (QED) is 0.423. The molecule has 28 heavy (non-hydrogen) atoms. The third kappa shape index (κ3) is 6.36. The van der Waals surface area contributed by atoms with Crippen LogP contribution in [0.1, 0.15) is 6.42 Å². The summed E-state index contributed by atoms with van der Waals surface area (Å²) in [7, 11) is 4.02. The van der Waals surface area contributed by atoms with E-state index in [9.17, 15) is 4.79 Å². The molecule has 1 heterocycles. The Morgan fingerprint density at radius 2 is 1.82 bits per heavy atom. The summed E-state index contributed by atoms with van der Waals surface area (Å²) < 4.78 is 1.10. The number of likely N-dealkylation sites (N-methyl/N-ethyl adjacent to an activating group) is 1. The average Bonchev–Trinajstić information content (AvgIpc) is 3.07. The minimum atomic E-state index is 0. The predicted molar refractivity (Wildman–Crippen MR) is 125 cm³/mol. The second kappa shape index (κ2) is 11.0. The van der Waals surface area contributed by atoms with E-state index < -0.39 is 0 Å². The molecule has 3 rings (SSSR count). The van der Waals surface area contributed by atoms with Crippen LogP contribution in [0.15, 0.2) is 53.4 Å². The van der Waals surface area contributed by atoms with E-state index in [2.05, 4.69) is 9.88 Å². The van der Waals surface area contributed by atoms with Gasteiger partial charge in [0, 0.05) is 35.2 Å². The molecule has 0 bridgehead atoms. The number of fused-ring (bicyclic) bond motifs is 1. The molecule has 0 aliphatic rings. The molecule has 0 aliphatic heterocycles. The zero-order chi connectivity index (χ0) is 19.2. The second-order valence-corrected chi connectivity index (χ2v) is 8.98. The number of aromatic nitrogens is 1. The Balaban J connectivity index is 0.00000280. The molecule has 0 N–H and O–H groups in total. The van der Waals surface area contributed by atoms with Gasteiger partial charge < -0.3 is 4.90 Å². The van der Waals surface area contributed by atoms with Crippen LogP contribution in [0.3, 0.4) is 0 Å². The van der Waals surface area contributed by atoms with E-state index in [0.717, 1.165) is 37.6 Å². The first-order valence-electron chi connectivity index (χ1n) is 8.72. The summed E-state index contributed by atoms with van der Waals surface area (Å²) in [5.74, 6) is 0.835.